The first kappa shape index (κ1) is 13.3. The highest BCUT2D eigenvalue weighted by molar-refractivity contribution is 5.42. The summed E-state index contributed by atoms with van der Waals surface area (Å²) < 4.78 is 10.4. The minimum absolute atomic E-state index is 0.409. The van der Waals surface area contributed by atoms with Gasteiger partial charge in [0.2, 0.25) is 0 Å². The molecular weight excluding hydrogens is 258 g/mol. The zero-order chi connectivity index (χ0) is 14.0. The smallest absolute Gasteiger partial charge is 0.293 e. The van der Waals surface area contributed by atoms with Crippen LogP contribution in [0.5, 0.6) is 0 Å². The van der Waals surface area contributed by atoms with Crippen LogP contribution in [0, 0.1) is 0 Å². The van der Waals surface area contributed by atoms with Gasteiger partial charge < -0.3 is 14.0 Å². The topological polar surface area (TPSA) is 75.5 Å². The third-order valence-electron chi connectivity index (χ3n) is 3.72. The Bertz CT molecular complexity index is 548. The van der Waals surface area contributed by atoms with Gasteiger partial charge in [0.05, 0.1) is 18.4 Å². The van der Waals surface area contributed by atoms with Crippen molar-refractivity contribution in [2.45, 2.75) is 38.3 Å². The number of likely N-dealkylation sites (tertiary alicyclic amines) is 1. The average Bonchev–Trinajstić information content (AvgIpc) is 3.03. The van der Waals surface area contributed by atoms with Gasteiger partial charge in [0.25, 0.3) is 5.89 Å². The molecule has 0 saturated carbocycles. The van der Waals surface area contributed by atoms with E-state index >= 15 is 0 Å². The van der Waals surface area contributed by atoms with Crippen molar-refractivity contribution in [2.24, 2.45) is 0 Å². The standard InChI is InChI=1S/C14H19N3O3/c1-14(18)5-3-7-17(8-6-14)10-12-15-13(20-16-12)11-4-2-9-19-11/h2,4,9,18H,3,5-8,10H2,1H3. The van der Waals surface area contributed by atoms with Gasteiger partial charge in [-0.3, -0.25) is 4.90 Å². The summed E-state index contributed by atoms with van der Waals surface area (Å²) in [5.41, 5.74) is -0.550. The zero-order valence-electron chi connectivity index (χ0n) is 11.6. The van der Waals surface area contributed by atoms with Gasteiger partial charge in [-0.25, -0.2) is 0 Å². The van der Waals surface area contributed by atoms with Gasteiger partial charge in [0, 0.05) is 6.54 Å². The third-order valence-corrected chi connectivity index (χ3v) is 3.72. The van der Waals surface area contributed by atoms with Crippen LogP contribution >= 0.6 is 0 Å². The first-order valence-corrected chi connectivity index (χ1v) is 6.94. The molecule has 1 saturated heterocycles. The highest BCUT2D eigenvalue weighted by Crippen LogP contribution is 2.23. The predicted octanol–water partition coefficient (Wildman–Crippen LogP) is 2.07. The average molecular weight is 277 g/mol. The minimum Gasteiger partial charge on any atom is -0.459 e. The molecule has 3 rings (SSSR count). The van der Waals surface area contributed by atoms with Gasteiger partial charge in [0.1, 0.15) is 0 Å². The molecule has 0 aromatic carbocycles. The van der Waals surface area contributed by atoms with E-state index in [1.165, 1.54) is 0 Å². The quantitative estimate of drug-likeness (QED) is 0.925. The predicted molar refractivity (Wildman–Crippen MR) is 71.8 cm³/mol. The van der Waals surface area contributed by atoms with Crippen LogP contribution < -0.4 is 0 Å². The van der Waals surface area contributed by atoms with E-state index in [9.17, 15) is 5.11 Å². The van der Waals surface area contributed by atoms with E-state index in [2.05, 4.69) is 15.0 Å². The lowest BCUT2D eigenvalue weighted by Crippen LogP contribution is -2.28. The van der Waals surface area contributed by atoms with Crippen molar-refractivity contribution in [3.05, 3.63) is 24.2 Å². The molecule has 0 radical (unpaired) electrons. The number of hydrogen-bond donors (Lipinski definition) is 1. The Balaban J connectivity index is 1.63. The molecule has 0 spiro atoms. The second-order valence-electron chi connectivity index (χ2n) is 5.62. The molecular formula is C14H19N3O3. The molecule has 1 aliphatic heterocycles. The van der Waals surface area contributed by atoms with E-state index in [0.717, 1.165) is 32.4 Å². The van der Waals surface area contributed by atoms with Crippen LogP contribution in [0.2, 0.25) is 0 Å². The maximum absolute atomic E-state index is 10.1. The molecule has 2 aromatic heterocycles. The summed E-state index contributed by atoms with van der Waals surface area (Å²) in [5, 5.41) is 14.1. The van der Waals surface area contributed by atoms with Gasteiger partial charge >= 0.3 is 0 Å². The highest BCUT2D eigenvalue weighted by Gasteiger charge is 2.25. The maximum atomic E-state index is 10.1. The molecule has 1 fully saturated rings. The van der Waals surface area contributed by atoms with Crippen molar-refractivity contribution in [1.82, 2.24) is 15.0 Å². The number of furan rings is 1. The molecule has 3 heterocycles. The number of rotatable bonds is 3. The molecule has 0 aliphatic carbocycles. The summed E-state index contributed by atoms with van der Waals surface area (Å²) >= 11 is 0. The van der Waals surface area contributed by atoms with E-state index in [1.54, 1.807) is 18.4 Å². The lowest BCUT2D eigenvalue weighted by atomic mass is 9.98. The third kappa shape index (κ3) is 3.08. The molecule has 6 nitrogen and oxygen atoms in total. The summed E-state index contributed by atoms with van der Waals surface area (Å²) in [7, 11) is 0. The second-order valence-corrected chi connectivity index (χ2v) is 5.62. The summed E-state index contributed by atoms with van der Waals surface area (Å²) in [5.74, 6) is 1.65. The number of aliphatic hydroxyl groups is 1. The minimum atomic E-state index is -0.550. The fourth-order valence-corrected chi connectivity index (χ4v) is 2.50. The van der Waals surface area contributed by atoms with E-state index < -0.39 is 5.60 Å². The monoisotopic (exact) mass is 277 g/mol. The Morgan fingerprint density at radius 1 is 1.40 bits per heavy atom. The largest absolute Gasteiger partial charge is 0.459 e. The molecule has 0 bridgehead atoms. The Morgan fingerprint density at radius 3 is 3.10 bits per heavy atom. The van der Waals surface area contributed by atoms with Crippen LogP contribution in [0.25, 0.3) is 11.7 Å². The Labute approximate surface area is 117 Å². The van der Waals surface area contributed by atoms with Gasteiger partial charge in [0.15, 0.2) is 11.6 Å². The molecule has 108 valence electrons. The van der Waals surface area contributed by atoms with Crippen molar-refractivity contribution in [1.29, 1.82) is 0 Å². The van der Waals surface area contributed by atoms with Crippen LogP contribution in [0.1, 0.15) is 32.0 Å². The molecule has 1 aliphatic rings. The normalized spacial score (nSPS) is 24.7. The molecule has 6 heteroatoms. The fourth-order valence-electron chi connectivity index (χ4n) is 2.50. The van der Waals surface area contributed by atoms with Crippen LogP contribution in [-0.4, -0.2) is 38.8 Å². The molecule has 1 unspecified atom stereocenters. The van der Waals surface area contributed by atoms with Crippen molar-refractivity contribution >= 4 is 0 Å². The Morgan fingerprint density at radius 2 is 2.30 bits per heavy atom. The Hall–Kier alpha value is -1.66. The van der Waals surface area contributed by atoms with Crippen molar-refractivity contribution < 1.29 is 14.0 Å². The molecule has 1 atom stereocenters. The summed E-state index contributed by atoms with van der Waals surface area (Å²) in [6.45, 7) is 4.33. The van der Waals surface area contributed by atoms with Crippen LogP contribution in [0.3, 0.4) is 0 Å². The van der Waals surface area contributed by atoms with Gasteiger partial charge in [-0.2, -0.15) is 4.98 Å². The molecule has 2 aromatic rings. The maximum Gasteiger partial charge on any atom is 0.293 e. The van der Waals surface area contributed by atoms with Crippen molar-refractivity contribution in [3.8, 4) is 11.7 Å². The van der Waals surface area contributed by atoms with E-state index in [-0.39, 0.29) is 0 Å². The van der Waals surface area contributed by atoms with Crippen molar-refractivity contribution in [3.63, 3.8) is 0 Å². The number of hydrogen-bond acceptors (Lipinski definition) is 6. The Kier molecular flexibility index (Phi) is 3.58. The molecule has 0 amide bonds. The SMILES string of the molecule is CC1(O)CCCN(Cc2noc(-c3ccco3)n2)CC1. The fraction of sp³-hybridized carbons (Fsp3) is 0.571. The van der Waals surface area contributed by atoms with Crippen LogP contribution in [-0.2, 0) is 6.54 Å². The first-order chi connectivity index (χ1) is 9.62. The second kappa shape index (κ2) is 5.38. The van der Waals surface area contributed by atoms with E-state index in [4.69, 9.17) is 8.94 Å². The van der Waals surface area contributed by atoms with E-state index in [0.29, 0.717) is 24.0 Å². The highest BCUT2D eigenvalue weighted by atomic mass is 16.5. The van der Waals surface area contributed by atoms with Crippen molar-refractivity contribution in [2.75, 3.05) is 13.1 Å². The molecule has 20 heavy (non-hydrogen) atoms. The lowest BCUT2D eigenvalue weighted by molar-refractivity contribution is 0.0443. The molecule has 1 N–H and O–H groups in total. The number of nitrogens with zero attached hydrogens (tertiary/aromatic N) is 3. The summed E-state index contributed by atoms with van der Waals surface area (Å²) in [6, 6.07) is 3.58. The van der Waals surface area contributed by atoms with Gasteiger partial charge in [-0.15, -0.1) is 0 Å². The van der Waals surface area contributed by atoms with Crippen LogP contribution in [0.4, 0.5) is 0 Å². The lowest BCUT2D eigenvalue weighted by Gasteiger charge is -2.21. The summed E-state index contributed by atoms with van der Waals surface area (Å²) in [6.07, 6.45) is 4.18. The van der Waals surface area contributed by atoms with E-state index in [1.807, 2.05) is 6.92 Å². The first-order valence-electron chi connectivity index (χ1n) is 6.94. The van der Waals surface area contributed by atoms with Crippen LogP contribution in [0.15, 0.2) is 27.3 Å². The summed E-state index contributed by atoms with van der Waals surface area (Å²) in [4.78, 5) is 6.59. The zero-order valence-corrected chi connectivity index (χ0v) is 11.6. The number of aromatic nitrogens is 2. The van der Waals surface area contributed by atoms with Gasteiger partial charge in [-0.1, -0.05) is 5.16 Å². The van der Waals surface area contributed by atoms with Gasteiger partial charge in [-0.05, 0) is 44.9 Å².